The van der Waals surface area contributed by atoms with Gasteiger partial charge in [0, 0.05) is 40.7 Å². The number of carbonyl (C=O) groups is 1. The van der Waals surface area contributed by atoms with Crippen molar-refractivity contribution < 1.29 is 18.0 Å². The van der Waals surface area contributed by atoms with E-state index in [4.69, 9.17) is 0 Å². The maximum atomic E-state index is 14.6. The number of carbonyl (C=O) groups excluding carboxylic acids is 1. The van der Waals surface area contributed by atoms with Crippen molar-refractivity contribution >= 4 is 40.2 Å². The smallest absolute Gasteiger partial charge is 0.345 e. The molecule has 3 aromatic rings. The Morgan fingerprint density at radius 2 is 1.66 bits per heavy atom. The number of fused-ring (bicyclic) bond motifs is 4. The molecule has 1 saturated heterocycles. The molecule has 1 spiro atoms. The van der Waals surface area contributed by atoms with Crippen molar-refractivity contribution in [1.82, 2.24) is 4.57 Å². The molecule has 2 heterocycles. The van der Waals surface area contributed by atoms with Crippen molar-refractivity contribution in [3.8, 4) is 0 Å². The molecular formula is C22H18F3NOS2. The lowest BCUT2D eigenvalue weighted by atomic mass is 9.84. The third kappa shape index (κ3) is 2.63. The van der Waals surface area contributed by atoms with Gasteiger partial charge in [-0.2, -0.15) is 13.2 Å². The summed E-state index contributed by atoms with van der Waals surface area (Å²) in [5.41, 5.74) is 2.07. The van der Waals surface area contributed by atoms with Gasteiger partial charge >= 0.3 is 6.18 Å². The quantitative estimate of drug-likeness (QED) is 0.465. The predicted octanol–water partition coefficient (Wildman–Crippen LogP) is 5.97. The first-order valence-electron chi connectivity index (χ1n) is 9.38. The van der Waals surface area contributed by atoms with Gasteiger partial charge in [0.15, 0.2) is 5.78 Å². The first kappa shape index (κ1) is 19.1. The van der Waals surface area contributed by atoms with Crippen LogP contribution in [0.5, 0.6) is 0 Å². The summed E-state index contributed by atoms with van der Waals surface area (Å²) in [5, 5.41) is 0.600. The molecule has 0 bridgehead atoms. The third-order valence-electron chi connectivity index (χ3n) is 5.94. The van der Waals surface area contributed by atoms with Gasteiger partial charge in [-0.05, 0) is 11.6 Å². The number of alkyl halides is 3. The number of rotatable bonds is 2. The highest BCUT2D eigenvalue weighted by Gasteiger charge is 2.66. The molecule has 1 fully saturated rings. The second-order valence-electron chi connectivity index (χ2n) is 7.43. The van der Waals surface area contributed by atoms with E-state index >= 15 is 0 Å². The first-order valence-corrected chi connectivity index (χ1v) is 11.3. The average molecular weight is 434 g/mol. The maximum Gasteiger partial charge on any atom is 0.396 e. The molecular weight excluding hydrogens is 415 g/mol. The molecule has 150 valence electrons. The highest BCUT2D eigenvalue weighted by atomic mass is 32.2. The maximum absolute atomic E-state index is 14.6. The van der Waals surface area contributed by atoms with Crippen LogP contribution in [0.2, 0.25) is 0 Å². The van der Waals surface area contributed by atoms with Gasteiger partial charge < -0.3 is 4.57 Å². The number of aromatic nitrogens is 1. The average Bonchev–Trinajstić information content (AvgIpc) is 3.38. The summed E-state index contributed by atoms with van der Waals surface area (Å²) < 4.78 is 44.6. The van der Waals surface area contributed by atoms with Gasteiger partial charge in [-0.25, -0.2) is 0 Å². The molecule has 2 aliphatic rings. The molecule has 0 unspecified atom stereocenters. The van der Waals surface area contributed by atoms with E-state index in [1.165, 1.54) is 23.5 Å². The first-order chi connectivity index (χ1) is 13.9. The van der Waals surface area contributed by atoms with Gasteiger partial charge in [-0.3, -0.25) is 4.79 Å². The summed E-state index contributed by atoms with van der Waals surface area (Å²) in [6.07, 6.45) is -4.51. The minimum atomic E-state index is -4.51. The molecule has 29 heavy (non-hydrogen) atoms. The number of para-hydroxylation sites is 1. The Labute approximate surface area is 174 Å². The summed E-state index contributed by atoms with van der Waals surface area (Å²) in [7, 11) is 1.82. The minimum absolute atomic E-state index is 0.284. The highest BCUT2D eigenvalue weighted by Crippen LogP contribution is 2.69. The van der Waals surface area contributed by atoms with E-state index in [-0.39, 0.29) is 5.56 Å². The standard InChI is InChI=1S/C22H18F3NOS2/c1-26-15-10-6-5-9-14(15)16-17(22(23,24)25)18(19(27)13-7-3-2-4-8-13)21(20(16)26)28-11-12-29-21/h2-10,17-18H,11-12H2,1H3/t17-,18-/m1/s1. The van der Waals surface area contributed by atoms with Crippen LogP contribution in [-0.4, -0.2) is 28.0 Å². The molecule has 7 heteroatoms. The minimum Gasteiger partial charge on any atom is -0.345 e. The number of aryl methyl sites for hydroxylation is 1. The van der Waals surface area contributed by atoms with Gasteiger partial charge in [0.05, 0.1) is 11.8 Å². The van der Waals surface area contributed by atoms with Crippen LogP contribution >= 0.6 is 23.5 Å². The van der Waals surface area contributed by atoms with E-state index in [2.05, 4.69) is 0 Å². The summed E-state index contributed by atoms with van der Waals surface area (Å²) in [4.78, 5) is 13.5. The van der Waals surface area contributed by atoms with Gasteiger partial charge in [0.1, 0.15) is 4.08 Å². The predicted molar refractivity (Wildman–Crippen MR) is 113 cm³/mol. The van der Waals surface area contributed by atoms with Crippen LogP contribution in [0.4, 0.5) is 13.2 Å². The van der Waals surface area contributed by atoms with Crippen LogP contribution in [0.3, 0.4) is 0 Å². The van der Waals surface area contributed by atoms with Gasteiger partial charge in [0.2, 0.25) is 0 Å². The molecule has 2 atom stereocenters. The molecule has 2 aromatic carbocycles. The van der Waals surface area contributed by atoms with E-state index in [9.17, 15) is 18.0 Å². The number of Topliss-reactive ketones (excluding diaryl/α,β-unsaturated/α-hetero) is 1. The van der Waals surface area contributed by atoms with Crippen LogP contribution in [0.25, 0.3) is 10.9 Å². The normalized spacial score (nSPS) is 23.0. The molecule has 0 N–H and O–H groups in total. The van der Waals surface area contributed by atoms with Crippen molar-refractivity contribution in [2.75, 3.05) is 11.5 Å². The van der Waals surface area contributed by atoms with Crippen molar-refractivity contribution in [2.45, 2.75) is 16.2 Å². The number of halogens is 3. The van der Waals surface area contributed by atoms with Crippen LogP contribution in [-0.2, 0) is 11.1 Å². The molecule has 5 rings (SSSR count). The molecule has 1 aromatic heterocycles. The largest absolute Gasteiger partial charge is 0.396 e. The fraction of sp³-hybridized carbons (Fsp3) is 0.318. The topological polar surface area (TPSA) is 22.0 Å². The van der Waals surface area contributed by atoms with Crippen molar-refractivity contribution in [2.24, 2.45) is 13.0 Å². The fourth-order valence-electron chi connectivity index (χ4n) is 4.90. The monoisotopic (exact) mass is 433 g/mol. The molecule has 0 saturated carbocycles. The second-order valence-corrected chi connectivity index (χ2v) is 10.4. The van der Waals surface area contributed by atoms with E-state index in [0.29, 0.717) is 16.6 Å². The van der Waals surface area contributed by atoms with Crippen LogP contribution in [0.1, 0.15) is 27.5 Å². The Morgan fingerprint density at radius 3 is 2.31 bits per heavy atom. The summed E-state index contributed by atoms with van der Waals surface area (Å²) >= 11 is 2.99. The second kappa shape index (κ2) is 6.57. The number of benzene rings is 2. The van der Waals surface area contributed by atoms with Crippen molar-refractivity contribution in [3.63, 3.8) is 0 Å². The summed E-state index contributed by atoms with van der Waals surface area (Å²) in [6, 6.07) is 15.6. The van der Waals surface area contributed by atoms with E-state index < -0.39 is 27.9 Å². The highest BCUT2D eigenvalue weighted by molar-refractivity contribution is 8.20. The Hall–Kier alpha value is -1.86. The molecule has 1 aliphatic carbocycles. The number of hydrogen-bond acceptors (Lipinski definition) is 3. The van der Waals surface area contributed by atoms with E-state index in [1.807, 2.05) is 23.7 Å². The lowest BCUT2D eigenvalue weighted by molar-refractivity contribution is -0.156. The fourth-order valence-corrected chi connectivity index (χ4v) is 8.61. The molecule has 1 aliphatic heterocycles. The Balaban J connectivity index is 1.82. The van der Waals surface area contributed by atoms with Crippen molar-refractivity contribution in [3.05, 3.63) is 71.4 Å². The lowest BCUT2D eigenvalue weighted by Crippen LogP contribution is -2.38. The zero-order valence-electron chi connectivity index (χ0n) is 15.6. The summed E-state index contributed by atoms with van der Waals surface area (Å²) in [6.45, 7) is 0. The van der Waals surface area contributed by atoms with E-state index in [1.54, 1.807) is 42.5 Å². The number of thioether (sulfide) groups is 2. The number of ketones is 1. The Bertz CT molecular complexity index is 1100. The van der Waals surface area contributed by atoms with E-state index in [0.717, 1.165) is 17.0 Å². The Morgan fingerprint density at radius 1 is 1.03 bits per heavy atom. The van der Waals surface area contributed by atoms with Crippen LogP contribution in [0, 0.1) is 5.92 Å². The SMILES string of the molecule is Cn1c2c(c3ccccc31)[C@@H](C(F)(F)F)[C@H](C(=O)c1ccccc1)C21SCCS1. The van der Waals surface area contributed by atoms with Crippen LogP contribution < -0.4 is 0 Å². The zero-order chi connectivity index (χ0) is 20.4. The van der Waals surface area contributed by atoms with Gasteiger partial charge in [-0.1, -0.05) is 48.5 Å². The number of nitrogens with zero attached hydrogens (tertiary/aromatic N) is 1. The van der Waals surface area contributed by atoms with Gasteiger partial charge in [-0.15, -0.1) is 23.5 Å². The third-order valence-corrected chi connectivity index (χ3v) is 9.47. The molecule has 0 amide bonds. The van der Waals surface area contributed by atoms with Crippen molar-refractivity contribution in [1.29, 1.82) is 0 Å². The molecule has 0 radical (unpaired) electrons. The zero-order valence-corrected chi connectivity index (χ0v) is 17.2. The molecule has 2 nitrogen and oxygen atoms in total. The summed E-state index contributed by atoms with van der Waals surface area (Å²) in [5.74, 6) is -1.95. The number of hydrogen-bond donors (Lipinski definition) is 0. The van der Waals surface area contributed by atoms with Gasteiger partial charge in [0.25, 0.3) is 0 Å². The Kier molecular flexibility index (Phi) is 4.33. The lowest BCUT2D eigenvalue weighted by Gasteiger charge is -2.33. The van der Waals surface area contributed by atoms with Crippen LogP contribution in [0.15, 0.2) is 54.6 Å².